The second-order valence-electron chi connectivity index (χ2n) is 24.0. The van der Waals surface area contributed by atoms with Crippen molar-refractivity contribution in [3.8, 4) is 0 Å². The fourth-order valence-electron chi connectivity index (χ4n) is 10.8. The second kappa shape index (κ2) is 41.7. The lowest BCUT2D eigenvalue weighted by atomic mass is 9.92. The normalized spacial score (nSPS) is 35.2. The molecule has 8 unspecified atom stereocenters. The number of rotatable bonds is 46. The molecule has 0 amide bonds. The van der Waals surface area contributed by atoms with Crippen LogP contribution in [-0.4, -0.2) is 295 Å². The fraction of sp³-hybridized carbons (Fsp3) is 1.00. The zero-order valence-electron chi connectivity index (χ0n) is 50.2. The average molecular weight is 1260 g/mol. The molecule has 0 aromatic rings. The van der Waals surface area contributed by atoms with Crippen LogP contribution < -0.4 is 0 Å². The number of hydrogen-bond donors (Lipinski definition) is 16. The molecule has 0 radical (unpaired) electrons. The number of ether oxygens (including phenoxy) is 10. The molecule has 0 bridgehead atoms. The van der Waals surface area contributed by atoms with E-state index in [0.29, 0.717) is 12.8 Å². The van der Waals surface area contributed by atoms with E-state index in [-0.39, 0.29) is 37.9 Å². The van der Waals surface area contributed by atoms with Crippen LogP contribution in [0.1, 0.15) is 142 Å². The molecule has 20 atom stereocenters. The van der Waals surface area contributed by atoms with Gasteiger partial charge in [0.05, 0.1) is 66.1 Å². The van der Waals surface area contributed by atoms with Gasteiger partial charge in [0, 0.05) is 35.5 Å². The van der Waals surface area contributed by atoms with Crippen LogP contribution in [-0.2, 0) is 47.4 Å². The van der Waals surface area contributed by atoms with Crippen molar-refractivity contribution < 1.29 is 129 Å². The number of unbranched alkanes of at least 4 members (excludes halogenated alkanes) is 18. The molecule has 85 heavy (non-hydrogen) atoms. The molecular weight excluding hydrogens is 1140 g/mol. The molecule has 0 aliphatic carbocycles. The first-order valence-corrected chi connectivity index (χ1v) is 32.4. The topological polar surface area (TPSA) is 416 Å². The molecule has 27 heteroatoms. The Morgan fingerprint density at radius 2 is 0.518 bits per heavy atom. The zero-order chi connectivity index (χ0) is 62.4. The molecule has 26 nitrogen and oxygen atoms in total. The lowest BCUT2D eigenvalue weighted by molar-refractivity contribution is -0.319. The van der Waals surface area contributed by atoms with Crippen LogP contribution in [0, 0.1) is 10.8 Å². The first kappa shape index (κ1) is 76.8. The minimum atomic E-state index is -1.83. The number of aliphatic hydroxyl groups is 16. The Balaban J connectivity index is 1.71. The summed E-state index contributed by atoms with van der Waals surface area (Å²) in [5.41, 5.74) is -2.83. The Labute approximate surface area is 505 Å². The Hall–Kier alpha value is -0.690. The predicted molar refractivity (Wildman–Crippen MR) is 306 cm³/mol. The third kappa shape index (κ3) is 24.7. The Kier molecular flexibility index (Phi) is 37.7. The lowest BCUT2D eigenvalue weighted by Gasteiger charge is -2.44. The van der Waals surface area contributed by atoms with E-state index in [9.17, 15) is 81.7 Å². The van der Waals surface area contributed by atoms with Gasteiger partial charge < -0.3 is 129 Å². The van der Waals surface area contributed by atoms with Crippen molar-refractivity contribution in [3.63, 3.8) is 0 Å². The zero-order valence-corrected chi connectivity index (χ0v) is 51.1. The summed E-state index contributed by atoms with van der Waals surface area (Å²) in [7, 11) is 0. The van der Waals surface area contributed by atoms with Gasteiger partial charge >= 0.3 is 0 Å². The van der Waals surface area contributed by atoms with Crippen molar-refractivity contribution in [2.24, 2.45) is 10.8 Å². The van der Waals surface area contributed by atoms with Gasteiger partial charge in [0.2, 0.25) is 0 Å². The van der Waals surface area contributed by atoms with Crippen molar-refractivity contribution in [2.45, 2.75) is 265 Å². The average Bonchev–Trinajstić information content (AvgIpc) is 3.65. The third-order valence-electron chi connectivity index (χ3n) is 16.5. The van der Waals surface area contributed by atoms with Gasteiger partial charge in [0.15, 0.2) is 25.2 Å². The van der Waals surface area contributed by atoms with Gasteiger partial charge in [-0.2, -0.15) is 11.8 Å². The van der Waals surface area contributed by atoms with E-state index in [1.165, 1.54) is 63.1 Å². The third-order valence-corrected chi connectivity index (χ3v) is 18.2. The summed E-state index contributed by atoms with van der Waals surface area (Å²) in [6.07, 6.45) is -12.2. The first-order valence-electron chi connectivity index (χ1n) is 31.3. The second-order valence-corrected chi connectivity index (χ2v) is 25.0. The summed E-state index contributed by atoms with van der Waals surface area (Å²) in [6.45, 7) is -0.301. The molecular formula is C58H110O26S. The molecule has 504 valence electrons. The molecule has 4 aliphatic rings. The number of aliphatic hydroxyl groups excluding tert-OH is 16. The van der Waals surface area contributed by atoms with Gasteiger partial charge in [0.1, 0.15) is 97.7 Å². The summed E-state index contributed by atoms with van der Waals surface area (Å²) in [4.78, 5) is 0. The number of thioether (sulfide) groups is 1. The highest BCUT2D eigenvalue weighted by Crippen LogP contribution is 2.37. The van der Waals surface area contributed by atoms with E-state index in [1.807, 2.05) is 0 Å². The molecule has 4 heterocycles. The molecule has 0 spiro atoms. The van der Waals surface area contributed by atoms with E-state index in [4.69, 9.17) is 47.4 Å². The lowest BCUT2D eigenvalue weighted by Crippen LogP contribution is -2.60. The minimum absolute atomic E-state index is 0.0554. The molecule has 4 saturated heterocycles. The minimum Gasteiger partial charge on any atom is -0.394 e. The van der Waals surface area contributed by atoms with Crippen LogP contribution in [0.2, 0.25) is 0 Å². The Morgan fingerprint density at radius 3 is 0.741 bits per heavy atom. The highest BCUT2D eigenvalue weighted by molar-refractivity contribution is 7.99. The van der Waals surface area contributed by atoms with E-state index in [0.717, 1.165) is 64.2 Å². The largest absolute Gasteiger partial charge is 0.394 e. The quantitative estimate of drug-likeness (QED) is 0.0319. The van der Waals surface area contributed by atoms with Crippen molar-refractivity contribution >= 4 is 11.8 Å². The molecule has 4 fully saturated rings. The van der Waals surface area contributed by atoms with Crippen LogP contribution in [0.5, 0.6) is 0 Å². The van der Waals surface area contributed by atoms with Gasteiger partial charge in [-0.05, 0) is 12.8 Å². The summed E-state index contributed by atoms with van der Waals surface area (Å²) < 4.78 is 60.8. The highest BCUT2D eigenvalue weighted by Gasteiger charge is 2.50. The fourth-order valence-corrected chi connectivity index (χ4v) is 12.3. The summed E-state index contributed by atoms with van der Waals surface area (Å²) in [5.74, 6) is -0.111. The van der Waals surface area contributed by atoms with E-state index < -0.39 is 187 Å². The molecule has 4 rings (SSSR count). The Morgan fingerprint density at radius 1 is 0.294 bits per heavy atom. The van der Waals surface area contributed by atoms with Gasteiger partial charge in [0.25, 0.3) is 0 Å². The van der Waals surface area contributed by atoms with Crippen molar-refractivity contribution in [1.29, 1.82) is 0 Å². The molecule has 16 N–H and O–H groups in total. The van der Waals surface area contributed by atoms with E-state index >= 15 is 0 Å². The molecule has 0 aromatic heterocycles. The van der Waals surface area contributed by atoms with Crippen LogP contribution >= 0.6 is 11.8 Å². The Bertz CT molecular complexity index is 1480. The maximum absolute atomic E-state index is 11.2. The van der Waals surface area contributed by atoms with Gasteiger partial charge in [-0.3, -0.25) is 0 Å². The van der Waals surface area contributed by atoms with Crippen molar-refractivity contribution in [1.82, 2.24) is 0 Å². The van der Waals surface area contributed by atoms with Crippen LogP contribution in [0.25, 0.3) is 0 Å². The van der Waals surface area contributed by atoms with Gasteiger partial charge in [-0.15, -0.1) is 0 Å². The van der Waals surface area contributed by atoms with Gasteiger partial charge in [-0.1, -0.05) is 129 Å². The smallest absolute Gasteiger partial charge is 0.186 e. The highest BCUT2D eigenvalue weighted by atomic mass is 32.2. The molecule has 4 aliphatic heterocycles. The van der Waals surface area contributed by atoms with E-state index in [2.05, 4.69) is 13.8 Å². The SMILES string of the molecule is CCCCCCCCCCCCOCC(CO[C@@H]1OC(CO)[C@@H](O)[C@H](O)C1O)(CO[C@@H]1OC(CO)[C@@H](O)[C@H](O)C1O)CSCC(COCCCCCCCCCCCC)(CO[C@@H]1OC(CO)[C@@H](O)[C@H](O)C1O)CO[C@@H]1OC(CO)[C@@H](O)[C@H](O)C1O. The van der Waals surface area contributed by atoms with Crippen LogP contribution in [0.3, 0.4) is 0 Å². The van der Waals surface area contributed by atoms with Crippen LogP contribution in [0.4, 0.5) is 0 Å². The van der Waals surface area contributed by atoms with Crippen molar-refractivity contribution in [2.75, 3.05) is 90.8 Å². The maximum Gasteiger partial charge on any atom is 0.186 e. The standard InChI is InChI=1S/C58H110O26S/c1-3-5-7-9-11-13-15-17-19-21-23-75-29-57(31-77-53-49(71)45(67)41(63)37(25-59)81-53,32-78-54-50(72)46(68)42(64)38(26-60)82-54)35-85-36-58(30-76-24-22-20-18-16-14-12-10-8-6-4-2,33-79-55-51(73)47(69)43(65)39(27-61)83-55)34-80-56-52(74)48(70)44(66)40(28-62)84-56/h37-56,59-74H,3-36H2,1-2H3/t37?,38?,39?,40?,41-,42-,43-,44-,45+,46+,47+,48+,49?,50?,51?,52?,53-,54-,55-,56-,57?,58?/m1/s1. The van der Waals surface area contributed by atoms with Gasteiger partial charge in [-0.25, -0.2) is 0 Å². The van der Waals surface area contributed by atoms with Crippen LogP contribution in [0.15, 0.2) is 0 Å². The monoisotopic (exact) mass is 1250 g/mol. The molecule has 0 aromatic carbocycles. The summed E-state index contributed by atoms with van der Waals surface area (Å²) >= 11 is 1.20. The van der Waals surface area contributed by atoms with Crippen molar-refractivity contribution in [3.05, 3.63) is 0 Å². The van der Waals surface area contributed by atoms with E-state index in [1.54, 1.807) is 0 Å². The summed E-state index contributed by atoms with van der Waals surface area (Å²) in [5, 5.41) is 170. The maximum atomic E-state index is 11.2. The summed E-state index contributed by atoms with van der Waals surface area (Å²) in [6, 6.07) is 0. The number of hydrogen-bond acceptors (Lipinski definition) is 27. The predicted octanol–water partition coefficient (Wildman–Crippen LogP) is -1.17. The molecule has 0 saturated carbocycles. The first-order chi connectivity index (χ1) is 40.9.